The molecule has 2 nitrogen and oxygen atoms in total. The van der Waals surface area contributed by atoms with Crippen LogP contribution in [0, 0.1) is 0 Å². The van der Waals surface area contributed by atoms with Gasteiger partial charge < -0.3 is 5.48 Å². The van der Waals surface area contributed by atoms with Crippen LogP contribution in [0.3, 0.4) is 0 Å². The Balaban J connectivity index is 0.000000640. The van der Waals surface area contributed by atoms with Crippen molar-refractivity contribution in [3.8, 4) is 0 Å². The minimum absolute atomic E-state index is 0. The summed E-state index contributed by atoms with van der Waals surface area (Å²) in [6.45, 7) is 3.60. The highest BCUT2D eigenvalue weighted by molar-refractivity contribution is 5.44. The van der Waals surface area contributed by atoms with Gasteiger partial charge in [0.2, 0.25) is 0 Å². The Labute approximate surface area is 54.2 Å². The van der Waals surface area contributed by atoms with Crippen molar-refractivity contribution < 1.29 is 5.48 Å². The lowest BCUT2D eigenvalue weighted by Crippen LogP contribution is -1.69. The SMILES string of the molecule is C=Cc1ccncc1.O. The Bertz CT molecular complexity index is 172. The summed E-state index contributed by atoms with van der Waals surface area (Å²) in [7, 11) is 0. The molecule has 0 saturated carbocycles. The molecule has 0 radical (unpaired) electrons. The van der Waals surface area contributed by atoms with Crippen molar-refractivity contribution in [3.05, 3.63) is 36.7 Å². The minimum Gasteiger partial charge on any atom is -0.412 e. The van der Waals surface area contributed by atoms with E-state index in [4.69, 9.17) is 0 Å². The predicted octanol–water partition coefficient (Wildman–Crippen LogP) is 0.900. The molecule has 0 amide bonds. The maximum absolute atomic E-state index is 3.85. The molecule has 0 fully saturated rings. The van der Waals surface area contributed by atoms with Gasteiger partial charge in [0, 0.05) is 12.4 Å². The van der Waals surface area contributed by atoms with Crippen molar-refractivity contribution in [2.45, 2.75) is 0 Å². The zero-order chi connectivity index (χ0) is 5.82. The first kappa shape index (κ1) is 7.85. The summed E-state index contributed by atoms with van der Waals surface area (Å²) in [6.07, 6.45) is 5.29. The highest BCUT2D eigenvalue weighted by Crippen LogP contribution is 1.94. The van der Waals surface area contributed by atoms with Crippen LogP contribution in [-0.2, 0) is 0 Å². The number of hydrogen-bond acceptors (Lipinski definition) is 1. The Morgan fingerprint density at radius 2 is 1.89 bits per heavy atom. The second-order valence-electron chi connectivity index (χ2n) is 1.48. The molecule has 0 spiro atoms. The van der Waals surface area contributed by atoms with Gasteiger partial charge >= 0.3 is 0 Å². The molecule has 1 heterocycles. The molecule has 1 rings (SSSR count). The molecule has 1 aromatic heterocycles. The van der Waals surface area contributed by atoms with Gasteiger partial charge in [-0.15, -0.1) is 0 Å². The summed E-state index contributed by atoms with van der Waals surface area (Å²) in [6, 6.07) is 3.82. The normalized spacial score (nSPS) is 7.56. The molecule has 9 heavy (non-hydrogen) atoms. The topological polar surface area (TPSA) is 44.4 Å². The summed E-state index contributed by atoms with van der Waals surface area (Å²) >= 11 is 0. The van der Waals surface area contributed by atoms with Crippen LogP contribution < -0.4 is 0 Å². The van der Waals surface area contributed by atoms with Crippen LogP contribution in [-0.4, -0.2) is 10.5 Å². The van der Waals surface area contributed by atoms with Gasteiger partial charge in [0.25, 0.3) is 0 Å². The first-order valence-electron chi connectivity index (χ1n) is 2.46. The van der Waals surface area contributed by atoms with E-state index in [1.807, 2.05) is 12.1 Å². The van der Waals surface area contributed by atoms with Gasteiger partial charge in [-0.2, -0.15) is 0 Å². The van der Waals surface area contributed by atoms with E-state index in [-0.39, 0.29) is 5.48 Å². The second kappa shape index (κ2) is 3.80. The highest BCUT2D eigenvalue weighted by Gasteiger charge is 1.76. The van der Waals surface area contributed by atoms with Crippen molar-refractivity contribution >= 4 is 6.08 Å². The second-order valence-corrected chi connectivity index (χ2v) is 1.48. The van der Waals surface area contributed by atoms with Gasteiger partial charge in [0.15, 0.2) is 0 Å². The third-order valence-corrected chi connectivity index (χ3v) is 0.942. The average Bonchev–Trinajstić information content (AvgIpc) is 1.90. The number of pyridine rings is 1. The van der Waals surface area contributed by atoms with Crippen LogP contribution in [0.25, 0.3) is 6.08 Å². The molecular formula is C7H9NO. The summed E-state index contributed by atoms with van der Waals surface area (Å²) in [4.78, 5) is 3.85. The van der Waals surface area contributed by atoms with E-state index in [0.29, 0.717) is 0 Å². The van der Waals surface area contributed by atoms with Gasteiger partial charge in [-0.3, -0.25) is 4.98 Å². The molecule has 0 aliphatic rings. The molecule has 0 saturated heterocycles. The lowest BCUT2D eigenvalue weighted by Gasteiger charge is -1.84. The quantitative estimate of drug-likeness (QED) is 0.547. The lowest BCUT2D eigenvalue weighted by molar-refractivity contribution is 0.824. The van der Waals surface area contributed by atoms with Crippen molar-refractivity contribution in [1.29, 1.82) is 0 Å². The van der Waals surface area contributed by atoms with Gasteiger partial charge in [0.1, 0.15) is 0 Å². The monoisotopic (exact) mass is 123 g/mol. The fourth-order valence-corrected chi connectivity index (χ4v) is 0.500. The molecule has 0 aliphatic carbocycles. The molecule has 0 aliphatic heterocycles. The first-order chi connectivity index (χ1) is 3.93. The molecular weight excluding hydrogens is 114 g/mol. The van der Waals surface area contributed by atoms with Crippen LogP contribution in [0.4, 0.5) is 0 Å². The van der Waals surface area contributed by atoms with Crippen LogP contribution in [0.5, 0.6) is 0 Å². The maximum atomic E-state index is 3.85. The van der Waals surface area contributed by atoms with Crippen molar-refractivity contribution in [1.82, 2.24) is 4.98 Å². The van der Waals surface area contributed by atoms with Gasteiger partial charge in [0.05, 0.1) is 0 Å². The third-order valence-electron chi connectivity index (χ3n) is 0.942. The zero-order valence-corrected chi connectivity index (χ0v) is 5.04. The standard InChI is InChI=1S/C7H7N.H2O/c1-2-7-3-5-8-6-4-7;/h2-6H,1H2;1H2. The Hall–Kier alpha value is -1.15. The molecule has 0 aromatic carbocycles. The predicted molar refractivity (Wildman–Crippen MR) is 37.9 cm³/mol. The zero-order valence-electron chi connectivity index (χ0n) is 5.04. The van der Waals surface area contributed by atoms with E-state index in [2.05, 4.69) is 11.6 Å². The van der Waals surface area contributed by atoms with Crippen LogP contribution in [0.15, 0.2) is 31.1 Å². The first-order valence-corrected chi connectivity index (χ1v) is 2.46. The van der Waals surface area contributed by atoms with Crippen LogP contribution >= 0.6 is 0 Å². The van der Waals surface area contributed by atoms with E-state index < -0.39 is 0 Å². The van der Waals surface area contributed by atoms with E-state index in [1.54, 1.807) is 18.5 Å². The highest BCUT2D eigenvalue weighted by atomic mass is 16.0. The number of aromatic nitrogens is 1. The largest absolute Gasteiger partial charge is 0.412 e. The molecule has 0 atom stereocenters. The molecule has 2 heteroatoms. The van der Waals surface area contributed by atoms with Crippen molar-refractivity contribution in [2.24, 2.45) is 0 Å². The molecule has 0 unspecified atom stereocenters. The summed E-state index contributed by atoms with van der Waals surface area (Å²) < 4.78 is 0. The number of rotatable bonds is 1. The Kier molecular flexibility index (Phi) is 3.32. The Morgan fingerprint density at radius 1 is 1.33 bits per heavy atom. The molecule has 2 N–H and O–H groups in total. The lowest BCUT2D eigenvalue weighted by atomic mass is 10.3. The Morgan fingerprint density at radius 3 is 2.22 bits per heavy atom. The van der Waals surface area contributed by atoms with E-state index in [9.17, 15) is 0 Å². The van der Waals surface area contributed by atoms with Crippen LogP contribution in [0.1, 0.15) is 5.56 Å². The summed E-state index contributed by atoms with van der Waals surface area (Å²) in [5.74, 6) is 0. The molecule has 48 valence electrons. The minimum atomic E-state index is 0. The number of nitrogens with zero attached hydrogens (tertiary/aromatic N) is 1. The number of hydrogen-bond donors (Lipinski definition) is 0. The van der Waals surface area contributed by atoms with E-state index in [1.165, 1.54) is 0 Å². The summed E-state index contributed by atoms with van der Waals surface area (Å²) in [5.41, 5.74) is 1.11. The van der Waals surface area contributed by atoms with Crippen LogP contribution in [0.2, 0.25) is 0 Å². The average molecular weight is 123 g/mol. The fourth-order valence-electron chi connectivity index (χ4n) is 0.500. The fraction of sp³-hybridized carbons (Fsp3) is 0. The third kappa shape index (κ3) is 2.06. The van der Waals surface area contributed by atoms with Gasteiger partial charge in [-0.1, -0.05) is 12.7 Å². The van der Waals surface area contributed by atoms with Crippen molar-refractivity contribution in [2.75, 3.05) is 0 Å². The van der Waals surface area contributed by atoms with E-state index >= 15 is 0 Å². The smallest absolute Gasteiger partial charge is 0.0273 e. The van der Waals surface area contributed by atoms with E-state index in [0.717, 1.165) is 5.56 Å². The molecule has 1 aromatic rings. The van der Waals surface area contributed by atoms with Crippen molar-refractivity contribution in [3.63, 3.8) is 0 Å². The maximum Gasteiger partial charge on any atom is 0.0273 e. The molecule has 0 bridgehead atoms. The summed E-state index contributed by atoms with van der Waals surface area (Å²) in [5, 5.41) is 0. The van der Waals surface area contributed by atoms with Gasteiger partial charge in [-0.05, 0) is 17.7 Å². The van der Waals surface area contributed by atoms with Gasteiger partial charge in [-0.25, -0.2) is 0 Å².